The van der Waals surface area contributed by atoms with E-state index in [0.717, 1.165) is 24.6 Å². The summed E-state index contributed by atoms with van der Waals surface area (Å²) in [4.78, 5) is 8.23. The molecule has 4 heteroatoms. The molecule has 3 nitrogen and oxygen atoms in total. The number of nitrogens with one attached hydrogen (secondary N) is 1. The maximum Gasteiger partial charge on any atom is 0.190 e. The molecule has 1 aromatic heterocycles. The highest BCUT2D eigenvalue weighted by molar-refractivity contribution is 7.15. The van der Waals surface area contributed by atoms with E-state index in [-0.39, 0.29) is 5.54 Å². The summed E-state index contributed by atoms with van der Waals surface area (Å²) in [5.74, 6) is 0. The summed E-state index contributed by atoms with van der Waals surface area (Å²) in [6.07, 6.45) is 3.12. The summed E-state index contributed by atoms with van der Waals surface area (Å²) in [7, 11) is 0. The zero-order valence-electron chi connectivity index (χ0n) is 12.3. The molecule has 2 heterocycles. The second-order valence-electron chi connectivity index (χ2n) is 6.24. The number of anilines is 2. The van der Waals surface area contributed by atoms with Crippen LogP contribution in [-0.4, -0.2) is 17.1 Å². The molecular weight excluding hydrogens is 266 g/mol. The van der Waals surface area contributed by atoms with Gasteiger partial charge in [0.1, 0.15) is 0 Å². The quantitative estimate of drug-likeness (QED) is 0.932. The molecule has 0 radical (unpaired) electrons. The van der Waals surface area contributed by atoms with Crippen LogP contribution in [0.15, 0.2) is 30.5 Å². The second-order valence-corrected chi connectivity index (χ2v) is 7.34. The van der Waals surface area contributed by atoms with Crippen LogP contribution in [0.4, 0.5) is 10.8 Å². The van der Waals surface area contributed by atoms with E-state index in [0.29, 0.717) is 0 Å². The highest BCUT2D eigenvalue weighted by Gasteiger charge is 2.22. The van der Waals surface area contributed by atoms with Crippen LogP contribution in [-0.2, 0) is 13.0 Å². The number of aromatic nitrogens is 1. The molecule has 0 saturated carbocycles. The highest BCUT2D eigenvalue weighted by atomic mass is 32.1. The minimum Gasteiger partial charge on any atom is -0.317 e. The lowest BCUT2D eigenvalue weighted by molar-refractivity contribution is 0.426. The van der Waals surface area contributed by atoms with Gasteiger partial charge in [0.15, 0.2) is 5.13 Å². The smallest absolute Gasteiger partial charge is 0.190 e. The van der Waals surface area contributed by atoms with Crippen LogP contribution < -0.4 is 10.2 Å². The summed E-state index contributed by atoms with van der Waals surface area (Å²) in [5.41, 5.74) is 2.89. The van der Waals surface area contributed by atoms with Gasteiger partial charge in [0.25, 0.3) is 0 Å². The van der Waals surface area contributed by atoms with Crippen molar-refractivity contribution in [3.63, 3.8) is 0 Å². The molecule has 0 unspecified atom stereocenters. The van der Waals surface area contributed by atoms with Crippen molar-refractivity contribution in [1.29, 1.82) is 0 Å². The lowest BCUT2D eigenvalue weighted by Gasteiger charge is -2.19. The van der Waals surface area contributed by atoms with Crippen molar-refractivity contribution in [2.24, 2.45) is 0 Å². The first kappa shape index (κ1) is 13.6. The van der Waals surface area contributed by atoms with Crippen molar-refractivity contribution in [1.82, 2.24) is 10.3 Å². The van der Waals surface area contributed by atoms with Gasteiger partial charge >= 0.3 is 0 Å². The molecular formula is C16H21N3S. The van der Waals surface area contributed by atoms with Gasteiger partial charge in [0.05, 0.1) is 0 Å². The molecule has 0 spiro atoms. The SMILES string of the molecule is CC(C)(C)NCc1cnc(N2CCc3ccccc32)s1. The Morgan fingerprint density at radius 3 is 2.90 bits per heavy atom. The van der Waals surface area contributed by atoms with E-state index >= 15 is 0 Å². The zero-order chi connectivity index (χ0) is 14.2. The third-order valence-electron chi connectivity index (χ3n) is 3.45. The molecule has 0 saturated heterocycles. The normalized spacial score (nSPS) is 14.7. The summed E-state index contributed by atoms with van der Waals surface area (Å²) < 4.78 is 0. The maximum absolute atomic E-state index is 4.60. The number of rotatable bonds is 3. The van der Waals surface area contributed by atoms with Crippen LogP contribution in [0, 0.1) is 0 Å². The number of para-hydroxylation sites is 1. The van der Waals surface area contributed by atoms with E-state index in [1.165, 1.54) is 16.1 Å². The fourth-order valence-corrected chi connectivity index (χ4v) is 3.28. The third-order valence-corrected chi connectivity index (χ3v) is 4.47. The van der Waals surface area contributed by atoms with Crippen molar-refractivity contribution in [3.05, 3.63) is 40.9 Å². The molecule has 106 valence electrons. The van der Waals surface area contributed by atoms with Gasteiger partial charge in [-0.3, -0.25) is 0 Å². The van der Waals surface area contributed by atoms with Gasteiger partial charge in [-0.1, -0.05) is 18.2 Å². The van der Waals surface area contributed by atoms with Crippen LogP contribution in [0.2, 0.25) is 0 Å². The van der Waals surface area contributed by atoms with Crippen LogP contribution in [0.25, 0.3) is 0 Å². The second kappa shape index (κ2) is 5.19. The van der Waals surface area contributed by atoms with Gasteiger partial charge in [0, 0.05) is 35.4 Å². The number of thiazole rings is 1. The Morgan fingerprint density at radius 1 is 1.30 bits per heavy atom. The fourth-order valence-electron chi connectivity index (χ4n) is 2.39. The molecule has 0 bridgehead atoms. The topological polar surface area (TPSA) is 28.2 Å². The molecule has 3 rings (SSSR count). The Morgan fingerprint density at radius 2 is 2.10 bits per heavy atom. The van der Waals surface area contributed by atoms with E-state index < -0.39 is 0 Å². The van der Waals surface area contributed by atoms with Gasteiger partial charge < -0.3 is 10.2 Å². The van der Waals surface area contributed by atoms with E-state index in [9.17, 15) is 0 Å². The monoisotopic (exact) mass is 287 g/mol. The van der Waals surface area contributed by atoms with E-state index in [2.05, 4.69) is 60.2 Å². The number of nitrogens with zero attached hydrogens (tertiary/aromatic N) is 2. The minimum atomic E-state index is 0.143. The van der Waals surface area contributed by atoms with Crippen LogP contribution in [0.5, 0.6) is 0 Å². The van der Waals surface area contributed by atoms with Gasteiger partial charge in [-0.05, 0) is 38.8 Å². The molecule has 0 amide bonds. The lowest BCUT2D eigenvalue weighted by Crippen LogP contribution is -2.34. The first-order valence-corrected chi connectivity index (χ1v) is 7.90. The Hall–Kier alpha value is -1.39. The van der Waals surface area contributed by atoms with Crippen molar-refractivity contribution in [2.45, 2.75) is 39.3 Å². The maximum atomic E-state index is 4.60. The number of fused-ring (bicyclic) bond motifs is 1. The van der Waals surface area contributed by atoms with Crippen molar-refractivity contribution >= 4 is 22.2 Å². The number of hydrogen-bond donors (Lipinski definition) is 1. The molecule has 0 atom stereocenters. The number of benzene rings is 1. The van der Waals surface area contributed by atoms with Crippen LogP contribution in [0.1, 0.15) is 31.2 Å². The average Bonchev–Trinajstić information content (AvgIpc) is 3.01. The van der Waals surface area contributed by atoms with Crippen molar-refractivity contribution < 1.29 is 0 Å². The van der Waals surface area contributed by atoms with E-state index in [1.807, 2.05) is 6.20 Å². The van der Waals surface area contributed by atoms with Gasteiger partial charge in [-0.15, -0.1) is 11.3 Å². The molecule has 2 aromatic rings. The Labute approximate surface area is 124 Å². The zero-order valence-corrected chi connectivity index (χ0v) is 13.1. The first-order chi connectivity index (χ1) is 9.53. The van der Waals surface area contributed by atoms with E-state index in [1.54, 1.807) is 11.3 Å². The largest absolute Gasteiger partial charge is 0.317 e. The lowest BCUT2D eigenvalue weighted by atomic mass is 10.1. The molecule has 1 aliphatic heterocycles. The first-order valence-electron chi connectivity index (χ1n) is 7.08. The number of hydrogen-bond acceptors (Lipinski definition) is 4. The predicted octanol–water partition coefficient (Wildman–Crippen LogP) is 3.73. The Balaban J connectivity index is 1.75. The van der Waals surface area contributed by atoms with E-state index in [4.69, 9.17) is 0 Å². The molecule has 0 aliphatic carbocycles. The molecule has 20 heavy (non-hydrogen) atoms. The van der Waals surface area contributed by atoms with Crippen molar-refractivity contribution in [3.8, 4) is 0 Å². The average molecular weight is 287 g/mol. The third kappa shape index (κ3) is 2.86. The summed E-state index contributed by atoms with van der Waals surface area (Å²) in [6, 6.07) is 8.62. The van der Waals surface area contributed by atoms with Crippen molar-refractivity contribution in [2.75, 3.05) is 11.4 Å². The molecule has 0 fully saturated rings. The van der Waals surface area contributed by atoms with Crippen LogP contribution in [0.3, 0.4) is 0 Å². The summed E-state index contributed by atoms with van der Waals surface area (Å²) in [5, 5.41) is 4.62. The molecule has 1 N–H and O–H groups in total. The highest BCUT2D eigenvalue weighted by Crippen LogP contribution is 2.36. The summed E-state index contributed by atoms with van der Waals surface area (Å²) in [6.45, 7) is 8.48. The molecule has 1 aliphatic rings. The summed E-state index contributed by atoms with van der Waals surface area (Å²) >= 11 is 1.79. The van der Waals surface area contributed by atoms with Gasteiger partial charge in [-0.25, -0.2) is 4.98 Å². The molecule has 1 aromatic carbocycles. The predicted molar refractivity (Wildman–Crippen MR) is 85.9 cm³/mol. The Kier molecular flexibility index (Phi) is 3.52. The van der Waals surface area contributed by atoms with Gasteiger partial charge in [-0.2, -0.15) is 0 Å². The minimum absolute atomic E-state index is 0.143. The fraction of sp³-hybridized carbons (Fsp3) is 0.438. The standard InChI is InChI=1S/C16H21N3S/c1-16(2,3)18-11-13-10-17-15(20-13)19-9-8-12-6-4-5-7-14(12)19/h4-7,10,18H,8-9,11H2,1-3H3. The van der Waals surface area contributed by atoms with Crippen LogP contribution >= 0.6 is 11.3 Å². The Bertz CT molecular complexity index is 598. The van der Waals surface area contributed by atoms with Gasteiger partial charge in [0.2, 0.25) is 0 Å².